The van der Waals surface area contributed by atoms with Gasteiger partial charge in [-0.25, -0.2) is 9.18 Å². The summed E-state index contributed by atoms with van der Waals surface area (Å²) in [5.74, 6) is -0.573. The third-order valence-electron chi connectivity index (χ3n) is 3.13. The SMILES string of the molecule is CCOC(=O)/C(C)=C/c1ccc(Cc2ccc(F)cc2)cn1. The summed E-state index contributed by atoms with van der Waals surface area (Å²) in [4.78, 5) is 15.9. The van der Waals surface area contributed by atoms with Crippen LogP contribution in [-0.4, -0.2) is 17.6 Å². The van der Waals surface area contributed by atoms with Crippen LogP contribution in [0.5, 0.6) is 0 Å². The molecule has 1 aromatic carbocycles. The highest BCUT2D eigenvalue weighted by atomic mass is 19.1. The number of halogens is 1. The Bertz CT molecular complexity index is 660. The number of ether oxygens (including phenoxy) is 1. The van der Waals surface area contributed by atoms with E-state index in [4.69, 9.17) is 4.74 Å². The molecular weight excluding hydrogens is 281 g/mol. The van der Waals surface area contributed by atoms with Crippen LogP contribution in [0, 0.1) is 5.82 Å². The molecule has 0 radical (unpaired) electrons. The highest BCUT2D eigenvalue weighted by molar-refractivity contribution is 5.92. The van der Waals surface area contributed by atoms with Gasteiger partial charge in [-0.3, -0.25) is 4.98 Å². The van der Waals surface area contributed by atoms with Gasteiger partial charge in [-0.15, -0.1) is 0 Å². The first-order chi connectivity index (χ1) is 10.6. The van der Waals surface area contributed by atoms with Crippen LogP contribution in [0.4, 0.5) is 4.39 Å². The predicted molar refractivity (Wildman–Crippen MR) is 83.7 cm³/mol. The van der Waals surface area contributed by atoms with Crippen LogP contribution >= 0.6 is 0 Å². The maximum atomic E-state index is 12.9. The molecule has 0 amide bonds. The van der Waals surface area contributed by atoms with Gasteiger partial charge in [0.15, 0.2) is 0 Å². The number of hydrogen-bond acceptors (Lipinski definition) is 3. The number of carbonyl (C=O) groups is 1. The van der Waals surface area contributed by atoms with E-state index in [2.05, 4.69) is 4.98 Å². The zero-order valence-electron chi connectivity index (χ0n) is 12.7. The molecule has 0 fully saturated rings. The molecule has 2 aromatic rings. The first kappa shape index (κ1) is 15.9. The van der Waals surface area contributed by atoms with E-state index in [9.17, 15) is 9.18 Å². The van der Waals surface area contributed by atoms with E-state index in [-0.39, 0.29) is 11.8 Å². The van der Waals surface area contributed by atoms with Gasteiger partial charge in [0.2, 0.25) is 0 Å². The zero-order valence-corrected chi connectivity index (χ0v) is 12.7. The lowest BCUT2D eigenvalue weighted by Crippen LogP contribution is -2.05. The van der Waals surface area contributed by atoms with Crippen LogP contribution in [0.2, 0.25) is 0 Å². The molecular formula is C18H18FNO2. The maximum Gasteiger partial charge on any atom is 0.333 e. The van der Waals surface area contributed by atoms with Crippen molar-refractivity contribution in [2.45, 2.75) is 20.3 Å². The highest BCUT2D eigenvalue weighted by Gasteiger charge is 2.05. The van der Waals surface area contributed by atoms with E-state index in [1.807, 2.05) is 12.1 Å². The minimum absolute atomic E-state index is 0.239. The molecule has 0 saturated carbocycles. The molecule has 1 heterocycles. The second-order valence-electron chi connectivity index (χ2n) is 4.94. The highest BCUT2D eigenvalue weighted by Crippen LogP contribution is 2.12. The summed E-state index contributed by atoms with van der Waals surface area (Å²) in [7, 11) is 0. The van der Waals surface area contributed by atoms with Gasteiger partial charge in [-0.1, -0.05) is 18.2 Å². The number of benzene rings is 1. The van der Waals surface area contributed by atoms with Crippen molar-refractivity contribution in [1.82, 2.24) is 4.98 Å². The third-order valence-corrected chi connectivity index (χ3v) is 3.13. The minimum Gasteiger partial charge on any atom is -0.463 e. The van der Waals surface area contributed by atoms with E-state index in [1.54, 1.807) is 38.3 Å². The van der Waals surface area contributed by atoms with Gasteiger partial charge in [0, 0.05) is 11.8 Å². The van der Waals surface area contributed by atoms with E-state index in [1.165, 1.54) is 12.1 Å². The zero-order chi connectivity index (χ0) is 15.9. The van der Waals surface area contributed by atoms with Gasteiger partial charge in [0.05, 0.1) is 12.3 Å². The number of pyridine rings is 1. The molecule has 22 heavy (non-hydrogen) atoms. The fourth-order valence-corrected chi connectivity index (χ4v) is 1.99. The Labute approximate surface area is 129 Å². The summed E-state index contributed by atoms with van der Waals surface area (Å²) in [5, 5.41) is 0. The lowest BCUT2D eigenvalue weighted by atomic mass is 10.1. The first-order valence-corrected chi connectivity index (χ1v) is 7.13. The average molecular weight is 299 g/mol. The summed E-state index contributed by atoms with van der Waals surface area (Å²) in [6.45, 7) is 3.83. The number of esters is 1. The molecule has 0 spiro atoms. The molecule has 114 valence electrons. The van der Waals surface area contributed by atoms with E-state index in [0.29, 0.717) is 24.3 Å². The van der Waals surface area contributed by atoms with Crippen LogP contribution in [0.1, 0.15) is 30.7 Å². The Morgan fingerprint density at radius 2 is 1.86 bits per heavy atom. The molecule has 0 bridgehead atoms. The van der Waals surface area contributed by atoms with Crippen LogP contribution < -0.4 is 0 Å². The lowest BCUT2D eigenvalue weighted by molar-refractivity contribution is -0.138. The van der Waals surface area contributed by atoms with Crippen molar-refractivity contribution < 1.29 is 13.9 Å². The second kappa shape index (κ2) is 7.50. The second-order valence-corrected chi connectivity index (χ2v) is 4.94. The Hall–Kier alpha value is -2.49. The molecule has 0 atom stereocenters. The number of carbonyl (C=O) groups excluding carboxylic acids is 1. The van der Waals surface area contributed by atoms with Crippen molar-refractivity contribution in [3.63, 3.8) is 0 Å². The average Bonchev–Trinajstić information content (AvgIpc) is 2.51. The largest absolute Gasteiger partial charge is 0.463 e. The Balaban J connectivity index is 2.05. The smallest absolute Gasteiger partial charge is 0.333 e. The number of hydrogen-bond donors (Lipinski definition) is 0. The summed E-state index contributed by atoms with van der Waals surface area (Å²) >= 11 is 0. The molecule has 3 nitrogen and oxygen atoms in total. The quantitative estimate of drug-likeness (QED) is 0.623. The van der Waals surface area contributed by atoms with Crippen LogP contribution in [0.15, 0.2) is 48.2 Å². The Morgan fingerprint density at radius 1 is 1.18 bits per heavy atom. The van der Waals surface area contributed by atoms with Crippen molar-refractivity contribution >= 4 is 12.0 Å². The molecule has 0 saturated heterocycles. The topological polar surface area (TPSA) is 39.2 Å². The van der Waals surface area contributed by atoms with Crippen molar-refractivity contribution in [1.29, 1.82) is 0 Å². The molecule has 4 heteroatoms. The maximum absolute atomic E-state index is 12.9. The van der Waals surface area contributed by atoms with Crippen LogP contribution in [0.25, 0.3) is 6.08 Å². The van der Waals surface area contributed by atoms with Crippen LogP contribution in [0.3, 0.4) is 0 Å². The van der Waals surface area contributed by atoms with E-state index in [0.717, 1.165) is 11.1 Å². The molecule has 2 rings (SSSR count). The van der Waals surface area contributed by atoms with E-state index < -0.39 is 0 Å². The standard InChI is InChI=1S/C18H18FNO2/c1-3-22-18(21)13(2)10-17-9-6-15(12-20-17)11-14-4-7-16(19)8-5-14/h4-10,12H,3,11H2,1-2H3/b13-10+. The van der Waals surface area contributed by atoms with Crippen molar-refractivity contribution in [3.8, 4) is 0 Å². The lowest BCUT2D eigenvalue weighted by Gasteiger charge is -2.04. The predicted octanol–water partition coefficient (Wildman–Crippen LogP) is 3.78. The van der Waals surface area contributed by atoms with Crippen molar-refractivity contribution in [3.05, 3.63) is 70.8 Å². The summed E-state index contributed by atoms with van der Waals surface area (Å²) in [6, 6.07) is 10.2. The fraction of sp³-hybridized carbons (Fsp3) is 0.222. The van der Waals surface area contributed by atoms with Gasteiger partial charge in [0.1, 0.15) is 5.82 Å². The molecule has 0 aliphatic rings. The first-order valence-electron chi connectivity index (χ1n) is 7.13. The molecule has 0 unspecified atom stereocenters. The third kappa shape index (κ3) is 4.52. The Morgan fingerprint density at radius 3 is 2.45 bits per heavy atom. The van der Waals surface area contributed by atoms with Crippen LogP contribution in [-0.2, 0) is 16.0 Å². The van der Waals surface area contributed by atoms with Gasteiger partial charge >= 0.3 is 5.97 Å². The van der Waals surface area contributed by atoms with Crippen molar-refractivity contribution in [2.24, 2.45) is 0 Å². The molecule has 0 N–H and O–H groups in total. The van der Waals surface area contributed by atoms with E-state index >= 15 is 0 Å². The van der Waals surface area contributed by atoms with Gasteiger partial charge in [-0.05, 0) is 55.7 Å². The minimum atomic E-state index is -0.334. The number of aromatic nitrogens is 1. The Kier molecular flexibility index (Phi) is 5.42. The van der Waals surface area contributed by atoms with Gasteiger partial charge in [0.25, 0.3) is 0 Å². The summed E-state index contributed by atoms with van der Waals surface area (Å²) in [5.41, 5.74) is 3.26. The number of nitrogens with zero attached hydrogens (tertiary/aromatic N) is 1. The molecule has 1 aromatic heterocycles. The number of rotatable bonds is 5. The van der Waals surface area contributed by atoms with Gasteiger partial charge < -0.3 is 4.74 Å². The van der Waals surface area contributed by atoms with Gasteiger partial charge in [-0.2, -0.15) is 0 Å². The van der Waals surface area contributed by atoms with Crippen molar-refractivity contribution in [2.75, 3.05) is 6.61 Å². The molecule has 0 aliphatic carbocycles. The summed E-state index contributed by atoms with van der Waals surface area (Å²) < 4.78 is 17.8. The normalized spacial score (nSPS) is 11.3. The molecule has 0 aliphatic heterocycles. The fourth-order valence-electron chi connectivity index (χ4n) is 1.99. The summed E-state index contributed by atoms with van der Waals surface area (Å²) in [6.07, 6.45) is 4.14. The monoisotopic (exact) mass is 299 g/mol.